The average Bonchev–Trinajstić information content (AvgIpc) is 3.34. The number of anilines is 1. The van der Waals surface area contributed by atoms with Crippen LogP contribution in [0, 0.1) is 0 Å². The number of carbonyl (C=O) groups excluding carboxylic acids is 1. The Balaban J connectivity index is 1.56. The van der Waals surface area contributed by atoms with Gasteiger partial charge in [-0.2, -0.15) is 4.68 Å². The molecule has 8 heteroatoms. The van der Waals surface area contributed by atoms with E-state index >= 15 is 0 Å². The summed E-state index contributed by atoms with van der Waals surface area (Å²) in [7, 11) is 1.60. The second kappa shape index (κ2) is 7.40. The molecule has 7 nitrogen and oxygen atoms in total. The summed E-state index contributed by atoms with van der Waals surface area (Å²) in [6.45, 7) is 2.59. The van der Waals surface area contributed by atoms with Gasteiger partial charge in [0.15, 0.2) is 0 Å². The number of fused-ring (bicyclic) bond motifs is 1. The van der Waals surface area contributed by atoms with Crippen molar-refractivity contribution in [2.24, 2.45) is 0 Å². The number of aromatic nitrogens is 4. The molecule has 0 N–H and O–H groups in total. The molecule has 0 aliphatic carbocycles. The summed E-state index contributed by atoms with van der Waals surface area (Å²) in [5.74, 6) is 0.721. The minimum absolute atomic E-state index is 0.0551. The van der Waals surface area contributed by atoms with E-state index in [4.69, 9.17) is 4.74 Å². The lowest BCUT2D eigenvalue weighted by atomic mass is 10.2. The monoisotopic (exact) mass is 381 g/mol. The first kappa shape index (κ1) is 17.5. The Kier molecular flexibility index (Phi) is 4.81. The minimum atomic E-state index is -0.324. The molecule has 1 aromatic heterocycles. The number of tetrazole rings is 1. The van der Waals surface area contributed by atoms with Crippen LogP contribution in [0.2, 0.25) is 0 Å². The SMILES string of the molecule is COc1ccccc1-n1nnnc1SC(C)C(=O)N1CCc2ccccc21. The Labute approximate surface area is 161 Å². The summed E-state index contributed by atoms with van der Waals surface area (Å²) >= 11 is 1.34. The number of thioether (sulfide) groups is 1. The van der Waals surface area contributed by atoms with Crippen LogP contribution in [-0.4, -0.2) is 45.0 Å². The van der Waals surface area contributed by atoms with Crippen LogP contribution in [0.3, 0.4) is 0 Å². The zero-order valence-corrected chi connectivity index (χ0v) is 15.9. The molecule has 0 saturated heterocycles. The van der Waals surface area contributed by atoms with Gasteiger partial charge in [-0.1, -0.05) is 42.1 Å². The highest BCUT2D eigenvalue weighted by molar-refractivity contribution is 8.00. The predicted octanol–water partition coefficient (Wildman–Crippen LogP) is 2.74. The normalized spacial score (nSPS) is 14.1. The van der Waals surface area contributed by atoms with Gasteiger partial charge in [0.1, 0.15) is 11.4 Å². The smallest absolute Gasteiger partial charge is 0.240 e. The lowest BCUT2D eigenvalue weighted by Gasteiger charge is -2.21. The van der Waals surface area contributed by atoms with Crippen molar-refractivity contribution in [1.29, 1.82) is 0 Å². The van der Waals surface area contributed by atoms with Gasteiger partial charge in [0.05, 0.1) is 12.4 Å². The number of para-hydroxylation sites is 3. The van der Waals surface area contributed by atoms with E-state index in [-0.39, 0.29) is 11.2 Å². The molecule has 27 heavy (non-hydrogen) atoms. The number of amides is 1. The summed E-state index contributed by atoms with van der Waals surface area (Å²) in [4.78, 5) is 14.9. The molecule has 1 amide bonds. The Morgan fingerprint density at radius 1 is 1.15 bits per heavy atom. The predicted molar refractivity (Wildman–Crippen MR) is 104 cm³/mol. The molecule has 1 aliphatic rings. The van der Waals surface area contributed by atoms with Gasteiger partial charge in [0.2, 0.25) is 11.1 Å². The van der Waals surface area contributed by atoms with Gasteiger partial charge in [-0.05, 0) is 47.5 Å². The summed E-state index contributed by atoms with van der Waals surface area (Å²) in [5.41, 5.74) is 2.94. The molecule has 1 aliphatic heterocycles. The maximum absolute atomic E-state index is 13.0. The van der Waals surface area contributed by atoms with Crippen LogP contribution in [-0.2, 0) is 11.2 Å². The number of nitrogens with zero attached hydrogens (tertiary/aromatic N) is 5. The number of rotatable bonds is 5. The molecule has 0 spiro atoms. The van der Waals surface area contributed by atoms with Crippen molar-refractivity contribution in [3.8, 4) is 11.4 Å². The van der Waals surface area contributed by atoms with E-state index < -0.39 is 0 Å². The summed E-state index contributed by atoms with van der Waals surface area (Å²) in [5, 5.41) is 12.2. The summed E-state index contributed by atoms with van der Waals surface area (Å²) in [6.07, 6.45) is 0.887. The first-order valence-corrected chi connectivity index (χ1v) is 9.54. The Bertz CT molecular complexity index is 974. The molecule has 0 radical (unpaired) electrons. The first-order valence-electron chi connectivity index (χ1n) is 8.66. The van der Waals surface area contributed by atoms with Crippen molar-refractivity contribution < 1.29 is 9.53 Å². The largest absolute Gasteiger partial charge is 0.494 e. The van der Waals surface area contributed by atoms with Crippen LogP contribution >= 0.6 is 11.8 Å². The molecule has 0 fully saturated rings. The molecule has 2 aromatic carbocycles. The van der Waals surface area contributed by atoms with Crippen LogP contribution in [0.1, 0.15) is 12.5 Å². The fourth-order valence-corrected chi connectivity index (χ4v) is 4.07. The second-order valence-corrected chi connectivity index (χ2v) is 7.48. The Morgan fingerprint density at radius 3 is 2.70 bits per heavy atom. The molecule has 4 rings (SSSR count). The van der Waals surface area contributed by atoms with Crippen LogP contribution in [0.25, 0.3) is 5.69 Å². The molecular formula is C19H19N5O2S. The van der Waals surface area contributed by atoms with Gasteiger partial charge in [0, 0.05) is 12.2 Å². The van der Waals surface area contributed by atoms with E-state index in [0.29, 0.717) is 17.5 Å². The summed E-state index contributed by atoms with van der Waals surface area (Å²) in [6, 6.07) is 15.5. The zero-order valence-electron chi connectivity index (χ0n) is 15.1. The van der Waals surface area contributed by atoms with Crippen molar-refractivity contribution in [2.45, 2.75) is 23.8 Å². The summed E-state index contributed by atoms with van der Waals surface area (Å²) < 4.78 is 7.00. The number of methoxy groups -OCH3 is 1. The Hall–Kier alpha value is -2.87. The third-order valence-corrected chi connectivity index (χ3v) is 5.56. The van der Waals surface area contributed by atoms with Gasteiger partial charge in [-0.15, -0.1) is 5.10 Å². The number of benzene rings is 2. The topological polar surface area (TPSA) is 73.1 Å². The third-order valence-electron chi connectivity index (χ3n) is 4.54. The quantitative estimate of drug-likeness (QED) is 0.633. The standard InChI is InChI=1S/C19H19N5O2S/c1-13(18(25)23-12-11-14-7-3-4-8-15(14)23)27-19-20-21-22-24(19)16-9-5-6-10-17(16)26-2/h3-10,13H,11-12H2,1-2H3. The van der Waals surface area contributed by atoms with Gasteiger partial charge in [-0.25, -0.2) is 0 Å². The second-order valence-electron chi connectivity index (χ2n) is 6.17. The average molecular weight is 381 g/mol. The lowest BCUT2D eigenvalue weighted by molar-refractivity contribution is -0.117. The highest BCUT2D eigenvalue weighted by Crippen LogP contribution is 2.32. The number of hydrogen-bond donors (Lipinski definition) is 0. The van der Waals surface area contributed by atoms with Crippen molar-refractivity contribution >= 4 is 23.4 Å². The maximum atomic E-state index is 13.0. The number of hydrogen-bond acceptors (Lipinski definition) is 6. The molecule has 138 valence electrons. The highest BCUT2D eigenvalue weighted by atomic mass is 32.2. The molecule has 3 aromatic rings. The van der Waals surface area contributed by atoms with Gasteiger partial charge in [0.25, 0.3) is 0 Å². The highest BCUT2D eigenvalue weighted by Gasteiger charge is 2.29. The van der Waals surface area contributed by atoms with Crippen molar-refractivity contribution in [1.82, 2.24) is 20.2 Å². The maximum Gasteiger partial charge on any atom is 0.240 e. The number of ether oxygens (including phenoxy) is 1. The van der Waals surface area contributed by atoms with E-state index in [1.165, 1.54) is 17.3 Å². The molecule has 0 saturated carbocycles. The van der Waals surface area contributed by atoms with Crippen LogP contribution in [0.5, 0.6) is 5.75 Å². The lowest BCUT2D eigenvalue weighted by Crippen LogP contribution is -2.35. The van der Waals surface area contributed by atoms with Gasteiger partial charge >= 0.3 is 0 Å². The fraction of sp³-hybridized carbons (Fsp3) is 0.263. The van der Waals surface area contributed by atoms with Crippen molar-refractivity contribution in [3.05, 3.63) is 54.1 Å². The van der Waals surface area contributed by atoms with E-state index in [1.807, 2.05) is 54.3 Å². The fourth-order valence-electron chi connectivity index (χ4n) is 3.20. The molecule has 0 bridgehead atoms. The molecule has 1 atom stereocenters. The Morgan fingerprint density at radius 2 is 1.89 bits per heavy atom. The van der Waals surface area contributed by atoms with E-state index in [0.717, 1.165) is 17.8 Å². The number of carbonyl (C=O) groups is 1. The van der Waals surface area contributed by atoms with Crippen molar-refractivity contribution in [2.75, 3.05) is 18.6 Å². The van der Waals surface area contributed by atoms with Crippen molar-refractivity contribution in [3.63, 3.8) is 0 Å². The van der Waals surface area contributed by atoms with Crippen LogP contribution < -0.4 is 9.64 Å². The molecular weight excluding hydrogens is 362 g/mol. The van der Waals surface area contributed by atoms with Crippen LogP contribution in [0.15, 0.2) is 53.7 Å². The van der Waals surface area contributed by atoms with E-state index in [2.05, 4.69) is 21.6 Å². The van der Waals surface area contributed by atoms with Gasteiger partial charge in [-0.3, -0.25) is 4.79 Å². The van der Waals surface area contributed by atoms with Gasteiger partial charge < -0.3 is 9.64 Å². The van der Waals surface area contributed by atoms with Crippen LogP contribution in [0.4, 0.5) is 5.69 Å². The third kappa shape index (κ3) is 3.28. The minimum Gasteiger partial charge on any atom is -0.494 e. The van der Waals surface area contributed by atoms with E-state index in [9.17, 15) is 4.79 Å². The molecule has 1 unspecified atom stereocenters. The molecule has 2 heterocycles. The van der Waals surface area contributed by atoms with E-state index in [1.54, 1.807) is 11.8 Å². The zero-order chi connectivity index (χ0) is 18.8. The first-order chi connectivity index (χ1) is 13.2.